The Morgan fingerprint density at radius 1 is 1.35 bits per heavy atom. The molecular formula is C16H23N3O. The monoisotopic (exact) mass is 273 g/mol. The number of anilines is 1. The Hall–Kier alpha value is -1.97. The number of benzene rings is 1. The molecule has 20 heavy (non-hydrogen) atoms. The molecule has 4 heteroatoms. The number of carbonyl (C=O) groups excluding carboxylic acids is 1. The Bertz CT molecular complexity index is 615. The van der Waals surface area contributed by atoms with Crippen LogP contribution in [0.2, 0.25) is 0 Å². The minimum absolute atomic E-state index is 0.0502. The van der Waals surface area contributed by atoms with Gasteiger partial charge in [-0.2, -0.15) is 0 Å². The molecule has 0 radical (unpaired) electrons. The maximum Gasteiger partial charge on any atom is 0.256 e. The summed E-state index contributed by atoms with van der Waals surface area (Å²) in [5, 5.41) is 0.924. The molecule has 0 aliphatic rings. The lowest BCUT2D eigenvalue weighted by molar-refractivity contribution is 0.0730. The molecule has 1 aromatic heterocycles. The number of hydrogen-bond acceptors (Lipinski definition) is 2. The van der Waals surface area contributed by atoms with E-state index in [2.05, 4.69) is 25.8 Å². The second-order valence-electron chi connectivity index (χ2n) is 5.90. The SMILES string of the molecule is CC(C)CC(C)N(C)C(=O)c1c[nH]c2cc(N)ccc12. The van der Waals surface area contributed by atoms with Gasteiger partial charge in [-0.15, -0.1) is 0 Å². The summed E-state index contributed by atoms with van der Waals surface area (Å²) in [6.45, 7) is 6.43. The average Bonchev–Trinajstić information content (AvgIpc) is 2.78. The fourth-order valence-corrected chi connectivity index (χ4v) is 2.55. The van der Waals surface area contributed by atoms with Crippen LogP contribution in [-0.4, -0.2) is 28.9 Å². The van der Waals surface area contributed by atoms with Crippen LogP contribution in [0.4, 0.5) is 5.69 Å². The van der Waals surface area contributed by atoms with Gasteiger partial charge in [-0.1, -0.05) is 13.8 Å². The van der Waals surface area contributed by atoms with E-state index in [-0.39, 0.29) is 11.9 Å². The van der Waals surface area contributed by atoms with Crippen LogP contribution < -0.4 is 5.73 Å². The molecule has 0 aliphatic carbocycles. The van der Waals surface area contributed by atoms with E-state index in [1.807, 2.05) is 30.1 Å². The highest BCUT2D eigenvalue weighted by Gasteiger charge is 2.20. The molecule has 1 unspecified atom stereocenters. The Morgan fingerprint density at radius 2 is 2.05 bits per heavy atom. The van der Waals surface area contributed by atoms with E-state index in [0.29, 0.717) is 17.2 Å². The van der Waals surface area contributed by atoms with E-state index >= 15 is 0 Å². The number of amides is 1. The summed E-state index contributed by atoms with van der Waals surface area (Å²) < 4.78 is 0. The first kappa shape index (κ1) is 14.4. The highest BCUT2D eigenvalue weighted by atomic mass is 16.2. The van der Waals surface area contributed by atoms with Gasteiger partial charge in [0.2, 0.25) is 0 Å². The van der Waals surface area contributed by atoms with E-state index in [0.717, 1.165) is 17.3 Å². The van der Waals surface area contributed by atoms with Crippen molar-refractivity contribution in [3.63, 3.8) is 0 Å². The number of hydrogen-bond donors (Lipinski definition) is 2. The van der Waals surface area contributed by atoms with Gasteiger partial charge >= 0.3 is 0 Å². The number of nitrogens with one attached hydrogen (secondary N) is 1. The van der Waals surface area contributed by atoms with Crippen molar-refractivity contribution in [2.75, 3.05) is 12.8 Å². The zero-order valence-electron chi connectivity index (χ0n) is 12.6. The molecule has 0 bridgehead atoms. The molecule has 0 fully saturated rings. The van der Waals surface area contributed by atoms with Crippen molar-refractivity contribution in [3.8, 4) is 0 Å². The van der Waals surface area contributed by atoms with E-state index in [1.54, 1.807) is 6.20 Å². The van der Waals surface area contributed by atoms with E-state index < -0.39 is 0 Å². The molecule has 2 rings (SSSR count). The van der Waals surface area contributed by atoms with Crippen molar-refractivity contribution in [3.05, 3.63) is 30.0 Å². The van der Waals surface area contributed by atoms with Crippen molar-refractivity contribution in [1.82, 2.24) is 9.88 Å². The zero-order valence-corrected chi connectivity index (χ0v) is 12.6. The van der Waals surface area contributed by atoms with Crippen LogP contribution >= 0.6 is 0 Å². The van der Waals surface area contributed by atoms with Gasteiger partial charge in [0.25, 0.3) is 5.91 Å². The quantitative estimate of drug-likeness (QED) is 0.840. The highest BCUT2D eigenvalue weighted by Crippen LogP contribution is 2.23. The number of H-pyrrole nitrogens is 1. The van der Waals surface area contributed by atoms with Crippen LogP contribution in [0.5, 0.6) is 0 Å². The topological polar surface area (TPSA) is 62.1 Å². The minimum atomic E-state index is 0.0502. The number of aromatic amines is 1. The van der Waals surface area contributed by atoms with Gasteiger partial charge in [-0.25, -0.2) is 0 Å². The molecular weight excluding hydrogens is 250 g/mol. The van der Waals surface area contributed by atoms with Crippen LogP contribution in [-0.2, 0) is 0 Å². The number of nitrogen functional groups attached to an aromatic ring is 1. The van der Waals surface area contributed by atoms with Crippen molar-refractivity contribution >= 4 is 22.5 Å². The lowest BCUT2D eigenvalue weighted by Gasteiger charge is -2.26. The smallest absolute Gasteiger partial charge is 0.256 e. The first-order valence-corrected chi connectivity index (χ1v) is 7.04. The summed E-state index contributed by atoms with van der Waals surface area (Å²) in [6.07, 6.45) is 2.77. The number of carbonyl (C=O) groups is 1. The summed E-state index contributed by atoms with van der Waals surface area (Å²) in [7, 11) is 1.87. The van der Waals surface area contributed by atoms with Gasteiger partial charge in [0.1, 0.15) is 0 Å². The maximum absolute atomic E-state index is 12.6. The molecule has 0 aliphatic heterocycles. The van der Waals surface area contributed by atoms with Gasteiger partial charge in [0.15, 0.2) is 0 Å². The van der Waals surface area contributed by atoms with Gasteiger partial charge in [-0.3, -0.25) is 4.79 Å². The van der Waals surface area contributed by atoms with Gasteiger partial charge in [0, 0.05) is 35.9 Å². The number of nitrogens with zero attached hydrogens (tertiary/aromatic N) is 1. The van der Waals surface area contributed by atoms with Crippen LogP contribution in [0.15, 0.2) is 24.4 Å². The van der Waals surface area contributed by atoms with Gasteiger partial charge in [-0.05, 0) is 37.5 Å². The Labute approximate surface area is 120 Å². The van der Waals surface area contributed by atoms with Crippen LogP contribution in [0.1, 0.15) is 37.6 Å². The molecule has 0 saturated carbocycles. The lowest BCUT2D eigenvalue weighted by atomic mass is 10.0. The fraction of sp³-hybridized carbons (Fsp3) is 0.438. The predicted octanol–water partition coefficient (Wildman–Crippen LogP) is 3.26. The third-order valence-corrected chi connectivity index (χ3v) is 3.73. The number of rotatable bonds is 4. The highest BCUT2D eigenvalue weighted by molar-refractivity contribution is 6.07. The molecule has 0 spiro atoms. The first-order valence-electron chi connectivity index (χ1n) is 7.04. The molecule has 4 nitrogen and oxygen atoms in total. The predicted molar refractivity (Wildman–Crippen MR) is 83.7 cm³/mol. The largest absolute Gasteiger partial charge is 0.399 e. The Morgan fingerprint density at radius 3 is 2.70 bits per heavy atom. The molecule has 3 N–H and O–H groups in total. The van der Waals surface area contributed by atoms with Crippen molar-refractivity contribution in [2.45, 2.75) is 33.2 Å². The first-order chi connectivity index (χ1) is 9.40. The van der Waals surface area contributed by atoms with Crippen LogP contribution in [0, 0.1) is 5.92 Å². The number of aromatic nitrogens is 1. The van der Waals surface area contributed by atoms with Crippen molar-refractivity contribution in [2.24, 2.45) is 5.92 Å². The summed E-state index contributed by atoms with van der Waals surface area (Å²) in [5.41, 5.74) is 8.06. The van der Waals surface area contributed by atoms with E-state index in [1.165, 1.54) is 0 Å². The summed E-state index contributed by atoms with van der Waals surface area (Å²) in [4.78, 5) is 17.5. The lowest BCUT2D eigenvalue weighted by Crippen LogP contribution is -2.35. The van der Waals surface area contributed by atoms with Crippen LogP contribution in [0.25, 0.3) is 10.9 Å². The third kappa shape index (κ3) is 2.79. The molecule has 1 heterocycles. The zero-order chi connectivity index (χ0) is 14.9. The summed E-state index contributed by atoms with van der Waals surface area (Å²) in [6, 6.07) is 5.80. The molecule has 0 saturated heterocycles. The Kier molecular flexibility index (Phi) is 4.02. The second-order valence-corrected chi connectivity index (χ2v) is 5.90. The number of nitrogens with two attached hydrogens (primary N) is 1. The molecule has 1 atom stereocenters. The molecule has 2 aromatic rings. The fourth-order valence-electron chi connectivity index (χ4n) is 2.55. The third-order valence-electron chi connectivity index (χ3n) is 3.73. The summed E-state index contributed by atoms with van der Waals surface area (Å²) >= 11 is 0. The number of fused-ring (bicyclic) bond motifs is 1. The van der Waals surface area contributed by atoms with Crippen LogP contribution in [0.3, 0.4) is 0 Å². The van der Waals surface area contributed by atoms with Crippen molar-refractivity contribution < 1.29 is 4.79 Å². The van der Waals surface area contributed by atoms with Gasteiger partial charge < -0.3 is 15.6 Å². The average molecular weight is 273 g/mol. The Balaban J connectivity index is 2.27. The van der Waals surface area contributed by atoms with Crippen molar-refractivity contribution in [1.29, 1.82) is 0 Å². The van der Waals surface area contributed by atoms with E-state index in [4.69, 9.17) is 5.73 Å². The standard InChI is InChI=1S/C16H23N3O/c1-10(2)7-11(3)19(4)16(20)14-9-18-15-8-12(17)5-6-13(14)15/h5-6,8-11,18H,7,17H2,1-4H3. The van der Waals surface area contributed by atoms with Gasteiger partial charge in [0.05, 0.1) is 5.56 Å². The van der Waals surface area contributed by atoms with E-state index in [9.17, 15) is 4.79 Å². The maximum atomic E-state index is 12.6. The summed E-state index contributed by atoms with van der Waals surface area (Å²) in [5.74, 6) is 0.622. The minimum Gasteiger partial charge on any atom is -0.399 e. The molecule has 108 valence electrons. The molecule has 1 amide bonds. The second kappa shape index (κ2) is 5.57. The molecule has 1 aromatic carbocycles. The normalized spacial score (nSPS) is 12.8.